The molecule has 0 N–H and O–H groups in total. The van der Waals surface area contributed by atoms with Crippen LogP contribution in [0.15, 0.2) is 18.2 Å². The second kappa shape index (κ2) is 7.49. The van der Waals surface area contributed by atoms with Crippen molar-refractivity contribution in [2.45, 2.75) is 26.1 Å². The fourth-order valence-corrected chi connectivity index (χ4v) is 3.63. The molecule has 3 atom stereocenters. The molecule has 2 aliphatic rings. The van der Waals surface area contributed by atoms with Crippen molar-refractivity contribution in [3.05, 3.63) is 29.6 Å². The van der Waals surface area contributed by atoms with Gasteiger partial charge in [0.25, 0.3) is 0 Å². The third kappa shape index (κ3) is 3.87. The maximum atomic E-state index is 12.1. The number of ether oxygens (including phenoxy) is 2. The molecule has 0 aromatic carbocycles. The molecule has 1 aromatic heterocycles. The van der Waals surface area contributed by atoms with Crippen molar-refractivity contribution in [3.8, 4) is 0 Å². The number of hydrogen-bond donors (Lipinski definition) is 0. The van der Waals surface area contributed by atoms with Gasteiger partial charge in [0.15, 0.2) is 0 Å². The average molecular weight is 333 g/mol. The molecule has 0 spiro atoms. The number of pyridine rings is 1. The van der Waals surface area contributed by atoms with Crippen molar-refractivity contribution in [3.63, 3.8) is 0 Å². The molecule has 0 aliphatic carbocycles. The number of nitrogens with zero attached hydrogens (tertiary/aromatic N) is 3. The van der Waals surface area contributed by atoms with Crippen LogP contribution in [-0.2, 0) is 16.1 Å². The first kappa shape index (κ1) is 17.2. The van der Waals surface area contributed by atoms with Gasteiger partial charge in [-0.25, -0.2) is 4.79 Å². The molecule has 0 saturated carbocycles. The number of amides is 2. The van der Waals surface area contributed by atoms with Crippen LogP contribution in [0.4, 0.5) is 4.79 Å². The number of fused-ring (bicyclic) bond motifs is 1. The number of aromatic nitrogens is 1. The Morgan fingerprint density at radius 2 is 2.25 bits per heavy atom. The average Bonchev–Trinajstić information content (AvgIpc) is 3.12. The van der Waals surface area contributed by atoms with Crippen LogP contribution in [0.25, 0.3) is 0 Å². The van der Waals surface area contributed by atoms with Gasteiger partial charge in [0.05, 0.1) is 25.0 Å². The van der Waals surface area contributed by atoms with Gasteiger partial charge < -0.3 is 19.3 Å². The Kier molecular flexibility index (Phi) is 5.36. The highest BCUT2D eigenvalue weighted by Crippen LogP contribution is 2.35. The number of hydrogen-bond acceptors (Lipinski definition) is 4. The van der Waals surface area contributed by atoms with E-state index in [0.29, 0.717) is 31.6 Å². The molecule has 3 heterocycles. The molecule has 24 heavy (non-hydrogen) atoms. The molecule has 0 bridgehead atoms. The minimum absolute atomic E-state index is 0.0773. The Hall–Kier alpha value is -1.66. The van der Waals surface area contributed by atoms with Crippen molar-refractivity contribution < 1.29 is 14.3 Å². The molecular weight excluding hydrogens is 306 g/mol. The third-order valence-corrected chi connectivity index (χ3v) is 4.92. The highest BCUT2D eigenvalue weighted by molar-refractivity contribution is 5.74. The van der Waals surface area contributed by atoms with Crippen LogP contribution in [0.2, 0.25) is 0 Å². The highest BCUT2D eigenvalue weighted by atomic mass is 16.5. The summed E-state index contributed by atoms with van der Waals surface area (Å²) in [5, 5.41) is 0. The standard InChI is InChI=1S/C18H27N3O3/c1-13-5-4-6-15(19-13)12-23-8-7-14-11-24-17-10-21(9-16(14)17)18(22)20(2)3/h4-6,14,16-17H,7-12H2,1-3H3/t14-,16-,17-/m0/s1. The Balaban J connectivity index is 1.43. The smallest absolute Gasteiger partial charge is 0.319 e. The normalized spacial score (nSPS) is 25.8. The van der Waals surface area contributed by atoms with Crippen LogP contribution in [-0.4, -0.2) is 67.3 Å². The van der Waals surface area contributed by atoms with E-state index >= 15 is 0 Å². The van der Waals surface area contributed by atoms with E-state index in [-0.39, 0.29) is 12.1 Å². The maximum Gasteiger partial charge on any atom is 0.319 e. The maximum absolute atomic E-state index is 12.1. The predicted octanol–water partition coefficient (Wildman–Crippen LogP) is 1.93. The van der Waals surface area contributed by atoms with Gasteiger partial charge in [0, 0.05) is 45.4 Å². The van der Waals surface area contributed by atoms with Gasteiger partial charge in [-0.2, -0.15) is 0 Å². The van der Waals surface area contributed by atoms with Crippen molar-refractivity contribution in [1.29, 1.82) is 0 Å². The highest BCUT2D eigenvalue weighted by Gasteiger charge is 2.45. The molecular formula is C18H27N3O3. The summed E-state index contributed by atoms with van der Waals surface area (Å²) in [5.74, 6) is 0.912. The van der Waals surface area contributed by atoms with Crippen molar-refractivity contribution in [2.24, 2.45) is 11.8 Å². The van der Waals surface area contributed by atoms with Gasteiger partial charge >= 0.3 is 6.03 Å². The fraction of sp³-hybridized carbons (Fsp3) is 0.667. The summed E-state index contributed by atoms with van der Waals surface area (Å²) in [5.41, 5.74) is 1.99. The molecule has 2 fully saturated rings. The van der Waals surface area contributed by atoms with Crippen molar-refractivity contribution >= 4 is 6.03 Å². The molecule has 6 heteroatoms. The van der Waals surface area contributed by atoms with E-state index in [1.54, 1.807) is 19.0 Å². The van der Waals surface area contributed by atoms with E-state index in [0.717, 1.165) is 31.0 Å². The molecule has 132 valence electrons. The summed E-state index contributed by atoms with van der Waals surface area (Å²) in [7, 11) is 3.59. The number of carbonyl (C=O) groups excluding carboxylic acids is 1. The fourth-order valence-electron chi connectivity index (χ4n) is 3.63. The van der Waals surface area contributed by atoms with E-state index in [4.69, 9.17) is 9.47 Å². The summed E-state index contributed by atoms with van der Waals surface area (Å²) in [6.07, 6.45) is 1.16. The Morgan fingerprint density at radius 3 is 3.00 bits per heavy atom. The summed E-state index contributed by atoms with van der Waals surface area (Å²) >= 11 is 0. The molecule has 0 unspecified atom stereocenters. The summed E-state index contributed by atoms with van der Waals surface area (Å²) in [6, 6.07) is 6.06. The SMILES string of the molecule is Cc1cccc(COCC[C@H]2CO[C@H]3CN(C(=O)N(C)C)C[C@@H]23)n1. The van der Waals surface area contributed by atoms with Crippen LogP contribution in [0.1, 0.15) is 17.8 Å². The van der Waals surface area contributed by atoms with E-state index in [2.05, 4.69) is 4.98 Å². The number of likely N-dealkylation sites (tertiary alicyclic amines) is 1. The monoisotopic (exact) mass is 333 g/mol. The van der Waals surface area contributed by atoms with Gasteiger partial charge in [-0.1, -0.05) is 6.07 Å². The minimum Gasteiger partial charge on any atom is -0.376 e. The Morgan fingerprint density at radius 1 is 1.42 bits per heavy atom. The zero-order chi connectivity index (χ0) is 17.1. The second-order valence-electron chi connectivity index (χ2n) is 6.99. The van der Waals surface area contributed by atoms with Gasteiger partial charge in [0.1, 0.15) is 0 Å². The lowest BCUT2D eigenvalue weighted by molar-refractivity contribution is 0.0827. The van der Waals surface area contributed by atoms with Crippen LogP contribution in [0.3, 0.4) is 0 Å². The minimum atomic E-state index is 0.0773. The Bertz CT molecular complexity index is 578. The van der Waals surface area contributed by atoms with Gasteiger partial charge in [-0.3, -0.25) is 4.98 Å². The zero-order valence-electron chi connectivity index (χ0n) is 14.8. The van der Waals surface area contributed by atoms with Gasteiger partial charge in [0.2, 0.25) is 0 Å². The number of aryl methyl sites for hydroxylation is 1. The topological polar surface area (TPSA) is 54.9 Å². The molecule has 1 aromatic rings. The third-order valence-electron chi connectivity index (χ3n) is 4.92. The van der Waals surface area contributed by atoms with Crippen LogP contribution in [0, 0.1) is 18.8 Å². The molecule has 2 amide bonds. The lowest BCUT2D eigenvalue weighted by atomic mass is 9.91. The molecule has 2 saturated heterocycles. The Labute approximate surface area is 143 Å². The lowest BCUT2D eigenvalue weighted by Gasteiger charge is -2.23. The number of urea groups is 1. The predicted molar refractivity (Wildman–Crippen MR) is 90.6 cm³/mol. The first-order chi connectivity index (χ1) is 11.5. The molecule has 0 radical (unpaired) electrons. The van der Waals surface area contributed by atoms with E-state index in [1.165, 1.54) is 0 Å². The molecule has 2 aliphatic heterocycles. The first-order valence-corrected chi connectivity index (χ1v) is 8.62. The first-order valence-electron chi connectivity index (χ1n) is 8.62. The van der Waals surface area contributed by atoms with Gasteiger partial charge in [-0.05, 0) is 31.4 Å². The van der Waals surface area contributed by atoms with Crippen LogP contribution in [0.5, 0.6) is 0 Å². The molecule has 6 nitrogen and oxygen atoms in total. The zero-order valence-corrected chi connectivity index (χ0v) is 14.8. The quantitative estimate of drug-likeness (QED) is 0.773. The van der Waals surface area contributed by atoms with Crippen LogP contribution >= 0.6 is 0 Å². The van der Waals surface area contributed by atoms with Crippen molar-refractivity contribution in [2.75, 3.05) is 40.4 Å². The largest absolute Gasteiger partial charge is 0.376 e. The summed E-state index contributed by atoms with van der Waals surface area (Å²) < 4.78 is 11.7. The lowest BCUT2D eigenvalue weighted by Crippen LogP contribution is -2.39. The van der Waals surface area contributed by atoms with Crippen molar-refractivity contribution in [1.82, 2.24) is 14.8 Å². The van der Waals surface area contributed by atoms with Crippen LogP contribution < -0.4 is 0 Å². The summed E-state index contributed by atoms with van der Waals surface area (Å²) in [4.78, 5) is 20.1. The molecule has 3 rings (SSSR count). The summed E-state index contributed by atoms with van der Waals surface area (Å²) in [6.45, 7) is 5.53. The van der Waals surface area contributed by atoms with E-state index in [1.807, 2.05) is 30.0 Å². The second-order valence-corrected chi connectivity index (χ2v) is 6.99. The van der Waals surface area contributed by atoms with E-state index in [9.17, 15) is 4.79 Å². The number of carbonyl (C=O) groups is 1. The number of rotatable bonds is 5. The van der Waals surface area contributed by atoms with Gasteiger partial charge in [-0.15, -0.1) is 0 Å². The van der Waals surface area contributed by atoms with E-state index < -0.39 is 0 Å².